The molecule has 0 aliphatic rings. The first kappa shape index (κ1) is 20.2. The molecule has 0 unspecified atom stereocenters. The molecule has 1 amide bonds. The van der Waals surface area contributed by atoms with E-state index in [1.807, 2.05) is 24.3 Å². The molecule has 0 saturated carbocycles. The molecular formula is C20H17ClF2N2O2S. The number of carbonyl (C=O) groups is 1. The first-order chi connectivity index (χ1) is 13.4. The van der Waals surface area contributed by atoms with Crippen LogP contribution in [0.1, 0.15) is 31.5 Å². The molecule has 28 heavy (non-hydrogen) atoms. The molecule has 4 nitrogen and oxygen atoms in total. The van der Waals surface area contributed by atoms with Gasteiger partial charge in [0.25, 0.3) is 5.91 Å². The van der Waals surface area contributed by atoms with E-state index in [9.17, 15) is 13.6 Å². The summed E-state index contributed by atoms with van der Waals surface area (Å²) in [6.07, 6.45) is 0.627. The largest absolute Gasteiger partial charge is 0.435 e. The highest BCUT2D eigenvalue weighted by Crippen LogP contribution is 2.22. The van der Waals surface area contributed by atoms with Crippen molar-refractivity contribution in [3.05, 3.63) is 80.3 Å². The molecule has 0 aliphatic carbocycles. The van der Waals surface area contributed by atoms with E-state index in [0.29, 0.717) is 22.0 Å². The Labute approximate surface area is 170 Å². The van der Waals surface area contributed by atoms with Crippen LogP contribution in [0, 0.1) is 6.92 Å². The Balaban J connectivity index is 1.59. The zero-order valence-electron chi connectivity index (χ0n) is 14.9. The van der Waals surface area contributed by atoms with Crippen LogP contribution in [0.2, 0.25) is 5.02 Å². The molecule has 0 fully saturated rings. The maximum absolute atomic E-state index is 12.5. The topological polar surface area (TPSA) is 51.2 Å². The number of benzene rings is 2. The monoisotopic (exact) mass is 422 g/mol. The number of amides is 1. The van der Waals surface area contributed by atoms with Gasteiger partial charge in [0.05, 0.1) is 10.7 Å². The highest BCUT2D eigenvalue weighted by atomic mass is 35.5. The summed E-state index contributed by atoms with van der Waals surface area (Å²) in [5.74, 6) is -0.138. The average molecular weight is 423 g/mol. The Kier molecular flexibility index (Phi) is 6.59. The molecule has 146 valence electrons. The first-order valence-electron chi connectivity index (χ1n) is 8.43. The molecule has 3 aromatic rings. The summed E-state index contributed by atoms with van der Waals surface area (Å²) < 4.78 is 28.6. The summed E-state index contributed by atoms with van der Waals surface area (Å²) in [6, 6.07) is 13.6. The maximum Gasteiger partial charge on any atom is 0.387 e. The Morgan fingerprint density at radius 1 is 1.14 bits per heavy atom. The van der Waals surface area contributed by atoms with Crippen LogP contribution >= 0.6 is 22.9 Å². The predicted molar refractivity (Wildman–Crippen MR) is 105 cm³/mol. The lowest BCUT2D eigenvalue weighted by Gasteiger charge is -2.07. The van der Waals surface area contributed by atoms with Gasteiger partial charge in [0.2, 0.25) is 0 Å². The zero-order valence-corrected chi connectivity index (χ0v) is 16.5. The van der Waals surface area contributed by atoms with Crippen molar-refractivity contribution >= 4 is 28.8 Å². The van der Waals surface area contributed by atoms with Crippen molar-refractivity contribution < 1.29 is 18.3 Å². The number of halogens is 3. The Hall–Kier alpha value is -2.51. The standard InChI is InChI=1S/C20H17ClF2N2O2S/c1-12-18(28-17(25-12)10-13-2-6-15(21)7-3-13)19(26)24-11-14-4-8-16(9-5-14)27-20(22)23/h2-9,20H,10-11H2,1H3,(H,24,26). The lowest BCUT2D eigenvalue weighted by atomic mass is 10.2. The van der Waals surface area contributed by atoms with Crippen LogP contribution in [0.5, 0.6) is 5.75 Å². The van der Waals surface area contributed by atoms with Gasteiger partial charge in [-0.3, -0.25) is 4.79 Å². The van der Waals surface area contributed by atoms with Gasteiger partial charge in [0.1, 0.15) is 10.6 Å². The molecule has 0 radical (unpaired) electrons. The fourth-order valence-corrected chi connectivity index (χ4v) is 3.71. The highest BCUT2D eigenvalue weighted by Gasteiger charge is 2.15. The van der Waals surface area contributed by atoms with E-state index in [0.717, 1.165) is 16.1 Å². The predicted octanol–water partition coefficient (Wildman–Crippen LogP) is 5.23. The number of thiazole rings is 1. The summed E-state index contributed by atoms with van der Waals surface area (Å²) >= 11 is 7.25. The minimum atomic E-state index is -2.86. The van der Waals surface area contributed by atoms with Crippen LogP contribution in [0.4, 0.5) is 8.78 Å². The van der Waals surface area contributed by atoms with Gasteiger partial charge in [-0.05, 0) is 42.3 Å². The van der Waals surface area contributed by atoms with E-state index in [1.54, 1.807) is 19.1 Å². The second kappa shape index (κ2) is 9.12. The van der Waals surface area contributed by atoms with Crippen molar-refractivity contribution in [2.75, 3.05) is 0 Å². The summed E-state index contributed by atoms with van der Waals surface area (Å²) in [5, 5.41) is 4.35. The second-order valence-electron chi connectivity index (χ2n) is 6.03. The lowest BCUT2D eigenvalue weighted by molar-refractivity contribution is -0.0498. The quantitative estimate of drug-likeness (QED) is 0.567. The molecule has 0 bridgehead atoms. The van der Waals surface area contributed by atoms with E-state index in [2.05, 4.69) is 15.0 Å². The third kappa shape index (κ3) is 5.50. The smallest absolute Gasteiger partial charge is 0.387 e. The number of ether oxygens (including phenoxy) is 1. The number of aryl methyl sites for hydroxylation is 1. The molecular weight excluding hydrogens is 406 g/mol. The van der Waals surface area contributed by atoms with E-state index < -0.39 is 6.61 Å². The number of carbonyl (C=O) groups excluding carboxylic acids is 1. The summed E-state index contributed by atoms with van der Waals surface area (Å²) in [6.45, 7) is -0.785. The molecule has 2 aromatic carbocycles. The Morgan fingerprint density at radius 2 is 1.79 bits per heavy atom. The number of hydrogen-bond acceptors (Lipinski definition) is 4. The molecule has 3 rings (SSSR count). The maximum atomic E-state index is 12.5. The van der Waals surface area contributed by atoms with E-state index in [1.165, 1.54) is 23.5 Å². The number of nitrogens with one attached hydrogen (secondary N) is 1. The first-order valence-corrected chi connectivity index (χ1v) is 9.63. The van der Waals surface area contributed by atoms with Gasteiger partial charge in [-0.25, -0.2) is 4.98 Å². The molecule has 0 saturated heterocycles. The minimum Gasteiger partial charge on any atom is -0.435 e. The van der Waals surface area contributed by atoms with E-state index >= 15 is 0 Å². The van der Waals surface area contributed by atoms with Gasteiger partial charge in [0.15, 0.2) is 0 Å². The summed E-state index contributed by atoms with van der Waals surface area (Å²) in [5.41, 5.74) is 2.52. The SMILES string of the molecule is Cc1nc(Cc2ccc(Cl)cc2)sc1C(=O)NCc1ccc(OC(F)F)cc1. The summed E-state index contributed by atoms with van der Waals surface area (Å²) in [4.78, 5) is 17.5. The lowest BCUT2D eigenvalue weighted by Crippen LogP contribution is -2.22. The van der Waals surface area contributed by atoms with Crippen LogP contribution in [-0.4, -0.2) is 17.5 Å². The van der Waals surface area contributed by atoms with Gasteiger partial charge in [-0.2, -0.15) is 8.78 Å². The number of hydrogen-bond donors (Lipinski definition) is 1. The van der Waals surface area contributed by atoms with Crippen LogP contribution in [0.3, 0.4) is 0 Å². The van der Waals surface area contributed by atoms with Gasteiger partial charge in [-0.15, -0.1) is 11.3 Å². The molecule has 0 aliphatic heterocycles. The number of nitrogens with zero attached hydrogens (tertiary/aromatic N) is 1. The van der Waals surface area contributed by atoms with Crippen LogP contribution < -0.4 is 10.1 Å². The average Bonchev–Trinajstić information content (AvgIpc) is 3.02. The van der Waals surface area contributed by atoms with Crippen LogP contribution in [0.15, 0.2) is 48.5 Å². The highest BCUT2D eigenvalue weighted by molar-refractivity contribution is 7.13. The Morgan fingerprint density at radius 3 is 2.43 bits per heavy atom. The minimum absolute atomic E-state index is 0.0789. The van der Waals surface area contributed by atoms with Crippen molar-refractivity contribution in [1.82, 2.24) is 10.3 Å². The molecule has 1 aromatic heterocycles. The fraction of sp³-hybridized carbons (Fsp3) is 0.200. The van der Waals surface area contributed by atoms with Crippen molar-refractivity contribution in [3.63, 3.8) is 0 Å². The molecule has 1 heterocycles. The molecule has 0 spiro atoms. The van der Waals surface area contributed by atoms with Gasteiger partial charge in [0, 0.05) is 18.0 Å². The van der Waals surface area contributed by atoms with Gasteiger partial charge >= 0.3 is 6.61 Å². The Bertz CT molecular complexity index is 944. The number of alkyl halides is 2. The molecule has 0 atom stereocenters. The number of aromatic nitrogens is 1. The number of rotatable bonds is 7. The van der Waals surface area contributed by atoms with Gasteiger partial charge in [-0.1, -0.05) is 35.9 Å². The normalized spacial score (nSPS) is 10.9. The second-order valence-corrected chi connectivity index (χ2v) is 7.55. The third-order valence-electron chi connectivity index (χ3n) is 3.92. The van der Waals surface area contributed by atoms with Crippen molar-refractivity contribution in [2.45, 2.75) is 26.5 Å². The molecule has 1 N–H and O–H groups in total. The molecule has 8 heteroatoms. The zero-order chi connectivity index (χ0) is 20.1. The van der Waals surface area contributed by atoms with Crippen molar-refractivity contribution in [1.29, 1.82) is 0 Å². The van der Waals surface area contributed by atoms with Crippen LogP contribution in [-0.2, 0) is 13.0 Å². The van der Waals surface area contributed by atoms with E-state index in [-0.39, 0.29) is 18.2 Å². The van der Waals surface area contributed by atoms with Crippen LogP contribution in [0.25, 0.3) is 0 Å². The fourth-order valence-electron chi connectivity index (χ4n) is 2.57. The third-order valence-corrected chi connectivity index (χ3v) is 5.33. The van der Waals surface area contributed by atoms with Crippen molar-refractivity contribution in [3.8, 4) is 5.75 Å². The van der Waals surface area contributed by atoms with Crippen molar-refractivity contribution in [2.24, 2.45) is 0 Å². The van der Waals surface area contributed by atoms with E-state index in [4.69, 9.17) is 11.6 Å². The summed E-state index contributed by atoms with van der Waals surface area (Å²) in [7, 11) is 0. The van der Waals surface area contributed by atoms with Gasteiger partial charge < -0.3 is 10.1 Å².